The molecule has 4 nitrogen and oxygen atoms in total. The van der Waals surface area contributed by atoms with Crippen molar-refractivity contribution in [2.24, 2.45) is 11.7 Å². The first-order chi connectivity index (χ1) is 9.90. The van der Waals surface area contributed by atoms with Crippen molar-refractivity contribution in [3.8, 4) is 0 Å². The van der Waals surface area contributed by atoms with E-state index in [1.807, 2.05) is 42.2 Å². The van der Waals surface area contributed by atoms with Gasteiger partial charge in [0.15, 0.2) is 0 Å². The van der Waals surface area contributed by atoms with E-state index in [9.17, 15) is 4.79 Å². The van der Waals surface area contributed by atoms with Crippen LogP contribution in [0.2, 0.25) is 0 Å². The molecule has 1 aromatic rings. The Kier molecular flexibility index (Phi) is 7.15. The third-order valence-electron chi connectivity index (χ3n) is 3.47. The van der Waals surface area contributed by atoms with E-state index in [0.29, 0.717) is 30.4 Å². The Morgan fingerprint density at radius 3 is 2.43 bits per heavy atom. The molecule has 1 aromatic carbocycles. The molecule has 0 aromatic heterocycles. The van der Waals surface area contributed by atoms with Crippen molar-refractivity contribution in [1.29, 1.82) is 0 Å². The van der Waals surface area contributed by atoms with Gasteiger partial charge in [0.05, 0.1) is 11.5 Å². The van der Waals surface area contributed by atoms with Crippen molar-refractivity contribution in [3.05, 3.63) is 30.3 Å². The van der Waals surface area contributed by atoms with E-state index in [2.05, 4.69) is 19.2 Å². The van der Waals surface area contributed by atoms with E-state index in [1.165, 1.54) is 0 Å². The number of hydrogen-bond donors (Lipinski definition) is 2. The maximum atomic E-state index is 12.2. The fourth-order valence-electron chi connectivity index (χ4n) is 1.82. The number of carbonyl (C=O) groups excluding carboxylic acids is 1. The van der Waals surface area contributed by atoms with Gasteiger partial charge in [0.25, 0.3) is 0 Å². The number of benzene rings is 1. The molecule has 0 aliphatic carbocycles. The molecular formula is C16H25N3OS. The number of thiocarbonyl (C=S) groups is 1. The van der Waals surface area contributed by atoms with Crippen molar-refractivity contribution < 1.29 is 4.79 Å². The van der Waals surface area contributed by atoms with Crippen molar-refractivity contribution in [2.45, 2.75) is 33.2 Å². The minimum Gasteiger partial charge on any atom is -0.393 e. The largest absolute Gasteiger partial charge is 0.393 e. The van der Waals surface area contributed by atoms with Gasteiger partial charge in [-0.15, -0.1) is 0 Å². The van der Waals surface area contributed by atoms with E-state index >= 15 is 0 Å². The number of amides is 1. The van der Waals surface area contributed by atoms with Crippen LogP contribution in [0, 0.1) is 5.92 Å². The highest BCUT2D eigenvalue weighted by atomic mass is 32.1. The van der Waals surface area contributed by atoms with E-state index < -0.39 is 0 Å². The van der Waals surface area contributed by atoms with Crippen molar-refractivity contribution in [3.63, 3.8) is 0 Å². The molecule has 0 heterocycles. The number of nitrogens with zero attached hydrogens (tertiary/aromatic N) is 1. The number of carbonyl (C=O) groups is 1. The summed E-state index contributed by atoms with van der Waals surface area (Å²) in [7, 11) is 0. The van der Waals surface area contributed by atoms with Gasteiger partial charge >= 0.3 is 0 Å². The highest BCUT2D eigenvalue weighted by Gasteiger charge is 2.15. The molecule has 1 atom stereocenters. The van der Waals surface area contributed by atoms with Crippen LogP contribution >= 0.6 is 12.2 Å². The van der Waals surface area contributed by atoms with Crippen LogP contribution in [-0.2, 0) is 4.79 Å². The Balaban J connectivity index is 2.69. The molecule has 5 heteroatoms. The van der Waals surface area contributed by atoms with Gasteiger partial charge < -0.3 is 16.0 Å². The summed E-state index contributed by atoms with van der Waals surface area (Å²) < 4.78 is 0. The number of hydrogen-bond acceptors (Lipinski definition) is 3. The van der Waals surface area contributed by atoms with Gasteiger partial charge in [-0.3, -0.25) is 4.79 Å². The minimum absolute atomic E-state index is 0.0167. The molecule has 0 fully saturated rings. The van der Waals surface area contributed by atoms with Crippen LogP contribution in [0.25, 0.3) is 0 Å². The molecule has 0 aliphatic heterocycles. The highest BCUT2D eigenvalue weighted by molar-refractivity contribution is 7.80. The number of nitrogens with one attached hydrogen (secondary N) is 1. The Morgan fingerprint density at radius 2 is 1.90 bits per heavy atom. The number of rotatable bonds is 8. The van der Waals surface area contributed by atoms with Crippen LogP contribution in [0.15, 0.2) is 30.3 Å². The standard InChI is InChI=1S/C16H25N3OS/c1-12(2)13(3)18-16(20)11-19(10-9-15(17)21)14-7-5-4-6-8-14/h4-8,12-13H,9-11H2,1-3H3,(H2,17,21)(H,18,20). The monoisotopic (exact) mass is 307 g/mol. The number of anilines is 1. The highest BCUT2D eigenvalue weighted by Crippen LogP contribution is 2.13. The van der Waals surface area contributed by atoms with Gasteiger partial charge in [0.2, 0.25) is 5.91 Å². The van der Waals surface area contributed by atoms with Crippen LogP contribution < -0.4 is 16.0 Å². The summed E-state index contributed by atoms with van der Waals surface area (Å²) in [5, 5.41) is 3.02. The fraction of sp³-hybridized carbons (Fsp3) is 0.500. The average molecular weight is 307 g/mol. The lowest BCUT2D eigenvalue weighted by Gasteiger charge is -2.26. The molecule has 3 N–H and O–H groups in total. The lowest BCUT2D eigenvalue weighted by molar-refractivity contribution is -0.120. The van der Waals surface area contributed by atoms with Crippen LogP contribution in [0.5, 0.6) is 0 Å². The van der Waals surface area contributed by atoms with E-state index in [0.717, 1.165) is 5.69 Å². The zero-order chi connectivity index (χ0) is 15.8. The Morgan fingerprint density at radius 1 is 1.29 bits per heavy atom. The van der Waals surface area contributed by atoms with Gasteiger partial charge in [0.1, 0.15) is 0 Å². The number of nitrogens with two attached hydrogens (primary N) is 1. The molecule has 0 saturated carbocycles. The zero-order valence-electron chi connectivity index (χ0n) is 13.0. The normalized spacial score (nSPS) is 12.0. The SMILES string of the molecule is CC(C)C(C)NC(=O)CN(CCC(N)=S)c1ccccc1. The molecule has 0 spiro atoms. The van der Waals surface area contributed by atoms with Crippen molar-refractivity contribution in [2.75, 3.05) is 18.0 Å². The lowest BCUT2D eigenvalue weighted by Crippen LogP contribution is -2.43. The van der Waals surface area contributed by atoms with Crippen LogP contribution in [0.4, 0.5) is 5.69 Å². The van der Waals surface area contributed by atoms with Gasteiger partial charge in [-0.25, -0.2) is 0 Å². The summed E-state index contributed by atoms with van der Waals surface area (Å²) in [5.74, 6) is 0.429. The summed E-state index contributed by atoms with van der Waals surface area (Å²) in [5.41, 5.74) is 6.58. The summed E-state index contributed by atoms with van der Waals surface area (Å²) >= 11 is 4.93. The lowest BCUT2D eigenvalue weighted by atomic mass is 10.1. The van der Waals surface area contributed by atoms with E-state index in [1.54, 1.807) is 0 Å². The first-order valence-electron chi connectivity index (χ1n) is 7.27. The topological polar surface area (TPSA) is 58.4 Å². The third kappa shape index (κ3) is 6.58. The Bertz CT molecular complexity index is 462. The number of para-hydroxylation sites is 1. The molecule has 0 bridgehead atoms. The Hall–Kier alpha value is -1.62. The summed E-state index contributed by atoms with van der Waals surface area (Å²) in [4.78, 5) is 14.6. The maximum Gasteiger partial charge on any atom is 0.239 e. The Labute approximate surface area is 132 Å². The average Bonchev–Trinajstić information content (AvgIpc) is 2.44. The van der Waals surface area contributed by atoms with Gasteiger partial charge in [-0.05, 0) is 25.0 Å². The molecular weight excluding hydrogens is 282 g/mol. The second-order valence-electron chi connectivity index (χ2n) is 5.57. The molecule has 0 aliphatic rings. The quantitative estimate of drug-likeness (QED) is 0.724. The molecule has 116 valence electrons. The minimum atomic E-state index is 0.0167. The first kappa shape index (κ1) is 17.4. The predicted octanol–water partition coefficient (Wildman–Crippen LogP) is 2.33. The molecule has 0 radical (unpaired) electrons. The summed E-state index contributed by atoms with van der Waals surface area (Å²) in [6.45, 7) is 7.15. The molecule has 1 amide bonds. The van der Waals surface area contributed by atoms with Crippen LogP contribution in [0.1, 0.15) is 27.2 Å². The smallest absolute Gasteiger partial charge is 0.239 e. The van der Waals surface area contributed by atoms with Gasteiger partial charge in [-0.2, -0.15) is 0 Å². The van der Waals surface area contributed by atoms with E-state index in [-0.39, 0.29) is 11.9 Å². The molecule has 21 heavy (non-hydrogen) atoms. The van der Waals surface area contributed by atoms with Gasteiger partial charge in [0, 0.05) is 24.7 Å². The van der Waals surface area contributed by atoms with E-state index in [4.69, 9.17) is 18.0 Å². The summed E-state index contributed by atoms with van der Waals surface area (Å²) in [6.07, 6.45) is 0.594. The molecule has 1 unspecified atom stereocenters. The zero-order valence-corrected chi connectivity index (χ0v) is 13.8. The maximum absolute atomic E-state index is 12.2. The molecule has 1 rings (SSSR count). The van der Waals surface area contributed by atoms with Crippen molar-refractivity contribution in [1.82, 2.24) is 5.32 Å². The molecule has 0 saturated heterocycles. The summed E-state index contributed by atoms with van der Waals surface area (Å²) in [6, 6.07) is 9.99. The van der Waals surface area contributed by atoms with Crippen molar-refractivity contribution >= 4 is 28.8 Å². The second kappa shape index (κ2) is 8.62. The van der Waals surface area contributed by atoms with Gasteiger partial charge in [-0.1, -0.05) is 44.3 Å². The second-order valence-corrected chi connectivity index (χ2v) is 6.10. The van der Waals surface area contributed by atoms with Crippen LogP contribution in [-0.4, -0.2) is 30.0 Å². The first-order valence-corrected chi connectivity index (χ1v) is 7.68. The van der Waals surface area contributed by atoms with Crippen LogP contribution in [0.3, 0.4) is 0 Å². The predicted molar refractivity (Wildman–Crippen MR) is 92.5 cm³/mol. The third-order valence-corrected chi connectivity index (χ3v) is 3.68. The fourth-order valence-corrected chi connectivity index (χ4v) is 1.91.